The Kier molecular flexibility index (Phi) is 5.02. The average Bonchev–Trinajstić information content (AvgIpc) is 2.81. The predicted molar refractivity (Wildman–Crippen MR) is 86.0 cm³/mol. The van der Waals surface area contributed by atoms with Crippen LogP contribution in [-0.4, -0.2) is 26.4 Å². The molecule has 21 heavy (non-hydrogen) atoms. The van der Waals surface area contributed by atoms with Gasteiger partial charge in [0.15, 0.2) is 5.16 Å². The summed E-state index contributed by atoms with van der Waals surface area (Å²) in [7, 11) is 0. The molecule has 0 unspecified atom stereocenters. The summed E-state index contributed by atoms with van der Waals surface area (Å²) in [6.45, 7) is 8.89. The van der Waals surface area contributed by atoms with Crippen molar-refractivity contribution in [2.75, 3.05) is 5.75 Å². The van der Waals surface area contributed by atoms with Gasteiger partial charge in [0.05, 0.1) is 5.75 Å². The first-order valence-corrected chi connectivity index (χ1v) is 8.70. The maximum Gasteiger partial charge on any atom is 0.313 e. The number of hydrogen-bond donors (Lipinski definition) is 1. The molecular weight excluding hydrogens is 284 g/mol. The lowest BCUT2D eigenvalue weighted by molar-refractivity contribution is -0.133. The van der Waals surface area contributed by atoms with E-state index in [1.54, 1.807) is 0 Å². The van der Waals surface area contributed by atoms with Crippen LogP contribution >= 0.6 is 11.8 Å². The van der Waals surface area contributed by atoms with E-state index >= 15 is 0 Å². The van der Waals surface area contributed by atoms with Crippen LogP contribution < -0.4 is 0 Å². The summed E-state index contributed by atoms with van der Waals surface area (Å²) in [5.74, 6) is 0.0890. The molecule has 4 nitrogen and oxygen atoms in total. The monoisotopic (exact) mass is 310 g/mol. The number of thioether (sulfide) groups is 1. The molecule has 0 aromatic carbocycles. The standard InChI is InChI=1S/C16H26N2O2S/c1-11-5-7-12(8-6-11)18-13(16(2,3)4)9-17-15(18)21-10-14(19)20/h9,11-12H,5-8,10H2,1-4H3,(H,19,20). The molecule has 0 spiro atoms. The summed E-state index contributed by atoms with van der Waals surface area (Å²) < 4.78 is 2.32. The number of aliphatic carboxylic acids is 1. The Bertz CT molecular complexity index is 497. The largest absolute Gasteiger partial charge is 0.481 e. The zero-order chi connectivity index (χ0) is 15.6. The third-order valence-electron chi connectivity index (χ3n) is 4.21. The van der Waals surface area contributed by atoms with E-state index in [1.165, 1.54) is 43.1 Å². The maximum absolute atomic E-state index is 10.8. The predicted octanol–water partition coefficient (Wildman–Crippen LogP) is 4.11. The molecule has 5 heteroatoms. The van der Waals surface area contributed by atoms with E-state index < -0.39 is 5.97 Å². The fourth-order valence-corrected chi connectivity index (χ4v) is 3.75. The molecule has 1 N–H and O–H groups in total. The Balaban J connectivity index is 2.29. The Morgan fingerprint density at radius 1 is 1.38 bits per heavy atom. The minimum atomic E-state index is -0.788. The first kappa shape index (κ1) is 16.4. The molecular formula is C16H26N2O2S. The number of nitrogens with zero attached hydrogens (tertiary/aromatic N) is 2. The topological polar surface area (TPSA) is 55.1 Å². The van der Waals surface area contributed by atoms with Crippen LogP contribution in [-0.2, 0) is 10.2 Å². The van der Waals surface area contributed by atoms with E-state index in [-0.39, 0.29) is 11.2 Å². The van der Waals surface area contributed by atoms with Crippen LogP contribution in [0.3, 0.4) is 0 Å². The Morgan fingerprint density at radius 3 is 2.52 bits per heavy atom. The number of carboxylic acids is 1. The quantitative estimate of drug-likeness (QED) is 0.850. The van der Waals surface area contributed by atoms with Gasteiger partial charge < -0.3 is 9.67 Å². The van der Waals surface area contributed by atoms with Gasteiger partial charge in [0.25, 0.3) is 0 Å². The summed E-state index contributed by atoms with van der Waals surface area (Å²) in [5.41, 5.74) is 1.24. The van der Waals surface area contributed by atoms with Crippen LogP contribution in [0.4, 0.5) is 0 Å². The van der Waals surface area contributed by atoms with Gasteiger partial charge in [0, 0.05) is 23.3 Å². The zero-order valence-electron chi connectivity index (χ0n) is 13.4. The average molecular weight is 310 g/mol. The third kappa shape index (κ3) is 4.02. The summed E-state index contributed by atoms with van der Waals surface area (Å²) in [4.78, 5) is 15.4. The third-order valence-corrected chi connectivity index (χ3v) is 5.16. The Hall–Kier alpha value is -0.970. The van der Waals surface area contributed by atoms with Gasteiger partial charge >= 0.3 is 5.97 Å². The molecule has 1 aliphatic rings. The molecule has 0 bridgehead atoms. The highest BCUT2D eigenvalue weighted by Crippen LogP contribution is 2.38. The van der Waals surface area contributed by atoms with Gasteiger partial charge in [0.2, 0.25) is 0 Å². The second-order valence-corrected chi connectivity index (χ2v) is 8.08. The van der Waals surface area contributed by atoms with Gasteiger partial charge in [-0.05, 0) is 31.6 Å². The van der Waals surface area contributed by atoms with Crippen molar-refractivity contribution in [3.63, 3.8) is 0 Å². The van der Waals surface area contributed by atoms with Gasteiger partial charge in [-0.15, -0.1) is 0 Å². The van der Waals surface area contributed by atoms with Crippen molar-refractivity contribution in [1.29, 1.82) is 0 Å². The van der Waals surface area contributed by atoms with E-state index in [0.717, 1.165) is 11.1 Å². The molecule has 1 aliphatic carbocycles. The molecule has 1 heterocycles. The van der Waals surface area contributed by atoms with Crippen molar-refractivity contribution in [1.82, 2.24) is 9.55 Å². The van der Waals surface area contributed by atoms with E-state index in [2.05, 4.69) is 37.2 Å². The number of aromatic nitrogens is 2. The summed E-state index contributed by atoms with van der Waals surface area (Å²) in [6.07, 6.45) is 6.76. The normalized spacial score (nSPS) is 23.2. The van der Waals surface area contributed by atoms with Crippen LogP contribution in [0.15, 0.2) is 11.4 Å². The molecule has 0 amide bonds. The lowest BCUT2D eigenvalue weighted by Crippen LogP contribution is -2.24. The molecule has 2 rings (SSSR count). The molecule has 118 valence electrons. The van der Waals surface area contributed by atoms with Gasteiger partial charge in [-0.25, -0.2) is 4.98 Å². The second-order valence-electron chi connectivity index (χ2n) is 7.14. The van der Waals surface area contributed by atoms with E-state index in [0.29, 0.717) is 6.04 Å². The first-order chi connectivity index (χ1) is 9.79. The van der Waals surface area contributed by atoms with Gasteiger partial charge in [-0.2, -0.15) is 0 Å². The number of rotatable bonds is 4. The highest BCUT2D eigenvalue weighted by atomic mass is 32.2. The molecule has 0 radical (unpaired) electrons. The number of carbonyl (C=O) groups is 1. The number of carboxylic acid groups (broad SMARTS) is 1. The Labute approximate surface area is 131 Å². The van der Waals surface area contributed by atoms with E-state index in [9.17, 15) is 4.79 Å². The molecule has 0 atom stereocenters. The molecule has 1 aromatic heterocycles. The van der Waals surface area contributed by atoms with Crippen molar-refractivity contribution in [2.45, 2.75) is 70.0 Å². The lowest BCUT2D eigenvalue weighted by atomic mass is 9.86. The van der Waals surface area contributed by atoms with Crippen LogP contribution in [0.25, 0.3) is 0 Å². The first-order valence-electron chi connectivity index (χ1n) is 7.71. The minimum Gasteiger partial charge on any atom is -0.481 e. The van der Waals surface area contributed by atoms with Crippen LogP contribution in [0, 0.1) is 5.92 Å². The summed E-state index contributed by atoms with van der Waals surface area (Å²) in [5, 5.41) is 9.78. The van der Waals surface area contributed by atoms with Gasteiger partial charge in [-0.1, -0.05) is 39.5 Å². The van der Waals surface area contributed by atoms with Crippen molar-refractivity contribution in [3.05, 3.63) is 11.9 Å². The van der Waals surface area contributed by atoms with Crippen molar-refractivity contribution in [2.24, 2.45) is 5.92 Å². The Morgan fingerprint density at radius 2 is 2.00 bits per heavy atom. The molecule has 0 aliphatic heterocycles. The van der Waals surface area contributed by atoms with E-state index in [1.807, 2.05) is 6.20 Å². The highest BCUT2D eigenvalue weighted by Gasteiger charge is 2.28. The molecule has 0 saturated heterocycles. The van der Waals surface area contributed by atoms with Crippen LogP contribution in [0.1, 0.15) is 65.1 Å². The van der Waals surface area contributed by atoms with Gasteiger partial charge in [0.1, 0.15) is 0 Å². The number of imidazole rings is 1. The molecule has 1 fully saturated rings. The SMILES string of the molecule is CC1CCC(n2c(C(C)(C)C)cnc2SCC(=O)O)CC1. The molecule has 1 saturated carbocycles. The van der Waals surface area contributed by atoms with Crippen molar-refractivity contribution >= 4 is 17.7 Å². The van der Waals surface area contributed by atoms with Gasteiger partial charge in [-0.3, -0.25) is 4.79 Å². The van der Waals surface area contributed by atoms with E-state index in [4.69, 9.17) is 5.11 Å². The fraction of sp³-hybridized carbons (Fsp3) is 0.750. The number of hydrogen-bond acceptors (Lipinski definition) is 3. The maximum atomic E-state index is 10.8. The lowest BCUT2D eigenvalue weighted by Gasteiger charge is -2.32. The zero-order valence-corrected chi connectivity index (χ0v) is 14.2. The van der Waals surface area contributed by atoms with Crippen molar-refractivity contribution < 1.29 is 9.90 Å². The van der Waals surface area contributed by atoms with Crippen LogP contribution in [0.2, 0.25) is 0 Å². The summed E-state index contributed by atoms with van der Waals surface area (Å²) >= 11 is 1.34. The second kappa shape index (κ2) is 6.42. The fourth-order valence-electron chi connectivity index (χ4n) is 2.99. The molecule has 1 aromatic rings. The minimum absolute atomic E-state index is 0.0259. The summed E-state index contributed by atoms with van der Waals surface area (Å²) in [6, 6.07) is 0.467. The smallest absolute Gasteiger partial charge is 0.313 e. The van der Waals surface area contributed by atoms with Crippen LogP contribution in [0.5, 0.6) is 0 Å². The van der Waals surface area contributed by atoms with Crippen molar-refractivity contribution in [3.8, 4) is 0 Å². The highest BCUT2D eigenvalue weighted by molar-refractivity contribution is 7.99.